The summed E-state index contributed by atoms with van der Waals surface area (Å²) < 4.78 is 5.07. The van der Waals surface area contributed by atoms with Crippen LogP contribution in [0, 0.1) is 0 Å². The highest BCUT2D eigenvalue weighted by Crippen LogP contribution is 2.32. The van der Waals surface area contributed by atoms with Gasteiger partial charge in [-0.2, -0.15) is 0 Å². The lowest BCUT2D eigenvalue weighted by Crippen LogP contribution is -2.39. The molecule has 1 saturated heterocycles. The molecule has 1 aromatic rings. The Morgan fingerprint density at radius 1 is 1.45 bits per heavy atom. The molecular weight excluding hydrogens is 280 g/mol. The van der Waals surface area contributed by atoms with Gasteiger partial charge in [0.2, 0.25) is 0 Å². The largest absolute Gasteiger partial charge is 0.450 e. The van der Waals surface area contributed by atoms with Gasteiger partial charge in [0.1, 0.15) is 0 Å². The van der Waals surface area contributed by atoms with Crippen molar-refractivity contribution in [3.05, 3.63) is 46.3 Å². The summed E-state index contributed by atoms with van der Waals surface area (Å²) >= 11 is 0. The fraction of sp³-hybridized carbons (Fsp3) is 0.562. The lowest BCUT2D eigenvalue weighted by atomic mass is 9.98. The smallest absolute Gasteiger partial charge is 0.410 e. The number of likely N-dealkylation sites (tertiary alicyclic amines) is 1. The normalized spacial score (nSPS) is 17.8. The minimum atomic E-state index is -0.367. The fourth-order valence-electron chi connectivity index (χ4n) is 2.63. The summed E-state index contributed by atoms with van der Waals surface area (Å²) in [6.45, 7) is 6.78. The quantitative estimate of drug-likeness (QED) is 0.459. The van der Waals surface area contributed by atoms with E-state index in [-0.39, 0.29) is 18.2 Å². The number of hydrogen-bond acceptors (Lipinski definition) is 3. The van der Waals surface area contributed by atoms with Gasteiger partial charge in [-0.15, -0.1) is 0 Å². The molecule has 6 heteroatoms. The lowest BCUT2D eigenvalue weighted by molar-refractivity contribution is 0.0983. The summed E-state index contributed by atoms with van der Waals surface area (Å²) in [6, 6.07) is 9.05. The van der Waals surface area contributed by atoms with Crippen LogP contribution in [-0.2, 0) is 4.74 Å². The number of benzene rings is 1. The number of nitrogens with zero attached hydrogens (tertiary/aromatic N) is 4. The van der Waals surface area contributed by atoms with Gasteiger partial charge in [0.05, 0.1) is 12.6 Å². The Balaban J connectivity index is 0.00000116. The molecule has 0 radical (unpaired) electrons. The summed E-state index contributed by atoms with van der Waals surface area (Å²) in [5.74, 6) is 0. The van der Waals surface area contributed by atoms with Crippen LogP contribution in [0.4, 0.5) is 4.79 Å². The Hall–Kier alpha value is -2.20. The first-order valence-electron chi connectivity index (χ1n) is 7.80. The van der Waals surface area contributed by atoms with E-state index in [0.29, 0.717) is 13.2 Å². The van der Waals surface area contributed by atoms with Crippen molar-refractivity contribution in [3.8, 4) is 0 Å². The highest BCUT2D eigenvalue weighted by Gasteiger charge is 2.35. The molecule has 6 nitrogen and oxygen atoms in total. The van der Waals surface area contributed by atoms with Gasteiger partial charge in [-0.25, -0.2) is 4.79 Å². The summed E-state index contributed by atoms with van der Waals surface area (Å²) in [5.41, 5.74) is 9.73. The SMILES string of the molecule is CC.CCOC(=O)N1CCCC1C(N=[N+]=[N-])c1ccccc1. The molecule has 0 spiro atoms. The summed E-state index contributed by atoms with van der Waals surface area (Å²) in [6.07, 6.45) is 1.38. The third kappa shape index (κ3) is 4.40. The second-order valence-corrected chi connectivity index (χ2v) is 4.66. The van der Waals surface area contributed by atoms with Gasteiger partial charge < -0.3 is 9.64 Å². The molecule has 0 aliphatic carbocycles. The first kappa shape index (κ1) is 17.9. The van der Waals surface area contributed by atoms with Crippen LogP contribution in [0.15, 0.2) is 35.4 Å². The van der Waals surface area contributed by atoms with Crippen molar-refractivity contribution in [1.29, 1.82) is 0 Å². The number of amides is 1. The van der Waals surface area contributed by atoms with Crippen LogP contribution in [0.1, 0.15) is 45.2 Å². The van der Waals surface area contributed by atoms with Crippen molar-refractivity contribution in [2.45, 2.75) is 45.7 Å². The molecule has 1 aromatic carbocycles. The van der Waals surface area contributed by atoms with E-state index in [9.17, 15) is 4.79 Å². The molecule has 0 N–H and O–H groups in total. The molecule has 120 valence electrons. The number of rotatable bonds is 4. The van der Waals surface area contributed by atoms with Crippen LogP contribution in [0.2, 0.25) is 0 Å². The van der Waals surface area contributed by atoms with Crippen molar-refractivity contribution in [3.63, 3.8) is 0 Å². The molecule has 2 unspecified atom stereocenters. The molecule has 1 heterocycles. The number of azide groups is 1. The molecule has 1 aliphatic heterocycles. The maximum absolute atomic E-state index is 12.0. The monoisotopic (exact) mass is 304 g/mol. The molecule has 0 bridgehead atoms. The van der Waals surface area contributed by atoms with E-state index in [2.05, 4.69) is 10.0 Å². The summed E-state index contributed by atoms with van der Waals surface area (Å²) in [5, 5.41) is 3.90. The number of carbonyl (C=O) groups is 1. The first-order chi connectivity index (χ1) is 10.8. The van der Waals surface area contributed by atoms with Crippen molar-refractivity contribution < 1.29 is 9.53 Å². The Labute approximate surface area is 131 Å². The van der Waals surface area contributed by atoms with Gasteiger partial charge in [0, 0.05) is 17.5 Å². The zero-order valence-corrected chi connectivity index (χ0v) is 13.5. The molecule has 0 saturated carbocycles. The third-order valence-electron chi connectivity index (χ3n) is 3.48. The van der Waals surface area contributed by atoms with Gasteiger partial charge in [0.15, 0.2) is 0 Å². The van der Waals surface area contributed by atoms with Gasteiger partial charge in [-0.3, -0.25) is 0 Å². The second-order valence-electron chi connectivity index (χ2n) is 4.66. The van der Waals surface area contributed by atoms with Gasteiger partial charge in [-0.05, 0) is 30.9 Å². The van der Waals surface area contributed by atoms with E-state index in [1.165, 1.54) is 0 Å². The lowest BCUT2D eigenvalue weighted by Gasteiger charge is -2.28. The number of carbonyl (C=O) groups excluding carboxylic acids is 1. The molecule has 22 heavy (non-hydrogen) atoms. The van der Waals surface area contributed by atoms with E-state index in [1.807, 2.05) is 44.2 Å². The maximum atomic E-state index is 12.0. The van der Waals surface area contributed by atoms with Crippen LogP contribution in [0.25, 0.3) is 10.4 Å². The molecule has 1 amide bonds. The van der Waals surface area contributed by atoms with Crippen molar-refractivity contribution in [2.24, 2.45) is 5.11 Å². The van der Waals surface area contributed by atoms with Crippen LogP contribution >= 0.6 is 0 Å². The average molecular weight is 304 g/mol. The highest BCUT2D eigenvalue weighted by atomic mass is 16.6. The summed E-state index contributed by atoms with van der Waals surface area (Å²) in [4.78, 5) is 16.6. The molecule has 1 aliphatic rings. The van der Waals surface area contributed by atoms with Gasteiger partial charge in [-0.1, -0.05) is 49.3 Å². The predicted octanol–water partition coefficient (Wildman–Crippen LogP) is 4.69. The predicted molar refractivity (Wildman–Crippen MR) is 86.4 cm³/mol. The van der Waals surface area contributed by atoms with Crippen LogP contribution in [0.3, 0.4) is 0 Å². The first-order valence-corrected chi connectivity index (χ1v) is 7.80. The maximum Gasteiger partial charge on any atom is 0.410 e. The van der Waals surface area contributed by atoms with E-state index in [0.717, 1.165) is 18.4 Å². The Morgan fingerprint density at radius 3 is 2.73 bits per heavy atom. The second kappa shape index (κ2) is 9.68. The minimum absolute atomic E-state index is 0.132. The molecule has 0 aromatic heterocycles. The zero-order chi connectivity index (χ0) is 16.4. The zero-order valence-electron chi connectivity index (χ0n) is 13.5. The average Bonchev–Trinajstić information content (AvgIpc) is 3.05. The standard InChI is InChI=1S/C14H18N4O2.C2H6/c1-2-20-14(19)18-10-6-9-12(18)13(16-17-15)11-7-4-3-5-8-11;1-2/h3-5,7-8,12-13H,2,6,9-10H2,1H3;1-2H3. The van der Waals surface area contributed by atoms with Crippen LogP contribution < -0.4 is 0 Å². The van der Waals surface area contributed by atoms with Gasteiger partial charge >= 0.3 is 6.09 Å². The number of ether oxygens (including phenoxy) is 1. The topological polar surface area (TPSA) is 78.3 Å². The van der Waals surface area contributed by atoms with E-state index in [4.69, 9.17) is 10.3 Å². The molecular formula is C16H24N4O2. The molecule has 1 fully saturated rings. The van der Waals surface area contributed by atoms with Crippen molar-refractivity contribution in [1.82, 2.24) is 4.90 Å². The van der Waals surface area contributed by atoms with E-state index < -0.39 is 0 Å². The molecule has 2 atom stereocenters. The Morgan fingerprint density at radius 2 is 2.14 bits per heavy atom. The van der Waals surface area contributed by atoms with Gasteiger partial charge in [0.25, 0.3) is 0 Å². The third-order valence-corrected chi connectivity index (χ3v) is 3.48. The summed E-state index contributed by atoms with van der Waals surface area (Å²) in [7, 11) is 0. The highest BCUT2D eigenvalue weighted by molar-refractivity contribution is 5.68. The van der Waals surface area contributed by atoms with Crippen molar-refractivity contribution >= 4 is 6.09 Å². The Kier molecular flexibility index (Phi) is 7.86. The van der Waals surface area contributed by atoms with E-state index in [1.54, 1.807) is 11.8 Å². The van der Waals surface area contributed by atoms with Crippen LogP contribution in [-0.4, -0.2) is 30.2 Å². The molecule has 2 rings (SSSR count). The fourth-order valence-corrected chi connectivity index (χ4v) is 2.63. The minimum Gasteiger partial charge on any atom is -0.450 e. The number of hydrogen-bond donors (Lipinski definition) is 0. The van der Waals surface area contributed by atoms with E-state index >= 15 is 0 Å². The Bertz CT molecular complexity index is 500. The van der Waals surface area contributed by atoms with Crippen molar-refractivity contribution in [2.75, 3.05) is 13.2 Å². The van der Waals surface area contributed by atoms with Crippen LogP contribution in [0.5, 0.6) is 0 Å².